The molecule has 0 aliphatic heterocycles. The molecule has 198 valence electrons. The number of benzene rings is 1. The lowest BCUT2D eigenvalue weighted by molar-refractivity contribution is -0.352. The van der Waals surface area contributed by atoms with Crippen LogP contribution in [0.2, 0.25) is 0 Å². The zero-order valence-corrected chi connectivity index (χ0v) is 17.0. The van der Waals surface area contributed by atoms with Crippen molar-refractivity contribution < 1.29 is 72.7 Å². The third-order valence-corrected chi connectivity index (χ3v) is 5.31. The van der Waals surface area contributed by atoms with E-state index in [1.165, 1.54) is 0 Å². The van der Waals surface area contributed by atoms with Crippen molar-refractivity contribution in [1.82, 2.24) is 0 Å². The summed E-state index contributed by atoms with van der Waals surface area (Å²) in [6.45, 7) is -0.294. The molecule has 0 aromatic heterocycles. The maximum absolute atomic E-state index is 13.3. The molecule has 1 aliphatic rings. The Morgan fingerprint density at radius 3 is 1.71 bits per heavy atom. The summed E-state index contributed by atoms with van der Waals surface area (Å²) in [4.78, 5) is 0. The SMILES string of the molecule is CC(c1cc(OC2C=C(C(O)(C(F)(F)F)C(F)(F)F)C(O)=CC2)ccc1O)(C(F)(F)F)C(F)(F)F. The maximum Gasteiger partial charge on any atom is 0.430 e. The van der Waals surface area contributed by atoms with Crippen molar-refractivity contribution in [2.24, 2.45) is 0 Å². The van der Waals surface area contributed by atoms with E-state index in [0.29, 0.717) is 18.2 Å². The molecule has 1 aromatic carbocycles. The summed E-state index contributed by atoms with van der Waals surface area (Å²) < 4.78 is 164. The molecule has 2 rings (SSSR count). The molecule has 0 saturated heterocycles. The second-order valence-corrected chi connectivity index (χ2v) is 7.57. The van der Waals surface area contributed by atoms with Gasteiger partial charge in [0, 0.05) is 17.6 Å². The maximum atomic E-state index is 13.3. The highest BCUT2D eigenvalue weighted by Crippen LogP contribution is 2.55. The van der Waals surface area contributed by atoms with Gasteiger partial charge in [-0.05, 0) is 37.3 Å². The van der Waals surface area contributed by atoms with Gasteiger partial charge in [-0.15, -0.1) is 0 Å². The fraction of sp³-hybridized carbons (Fsp3) is 0.474. The highest BCUT2D eigenvalue weighted by molar-refractivity contribution is 5.47. The van der Waals surface area contributed by atoms with E-state index in [1.54, 1.807) is 0 Å². The minimum absolute atomic E-state index is 0.0183. The van der Waals surface area contributed by atoms with E-state index >= 15 is 0 Å². The molecular weight excluding hydrogens is 520 g/mol. The number of alkyl halides is 12. The zero-order valence-electron chi connectivity index (χ0n) is 17.0. The Kier molecular flexibility index (Phi) is 6.84. The number of phenols is 1. The average molecular weight is 534 g/mol. The Labute approximate surface area is 187 Å². The van der Waals surface area contributed by atoms with Crippen molar-refractivity contribution in [3.8, 4) is 11.5 Å². The Hall–Kier alpha value is -2.78. The van der Waals surface area contributed by atoms with Gasteiger partial charge in [-0.2, -0.15) is 52.7 Å². The molecular formula is C19H14F12O4. The van der Waals surface area contributed by atoms with E-state index in [-0.39, 0.29) is 19.1 Å². The number of aromatic hydroxyl groups is 1. The lowest BCUT2D eigenvalue weighted by atomic mass is 9.80. The minimum atomic E-state index is -6.40. The first kappa shape index (κ1) is 28.5. The third kappa shape index (κ3) is 4.71. The largest absolute Gasteiger partial charge is 0.508 e. The van der Waals surface area contributed by atoms with Gasteiger partial charge in [0.2, 0.25) is 0 Å². The van der Waals surface area contributed by atoms with E-state index in [1.807, 2.05) is 0 Å². The van der Waals surface area contributed by atoms with E-state index < -0.39 is 76.6 Å². The van der Waals surface area contributed by atoms with Crippen molar-refractivity contribution in [2.45, 2.75) is 55.2 Å². The standard InChI is InChI=1S/C19H14F12O4/c1-14(16(20,21)22,17(23,24)25)10-6-8(2-4-12(10)32)35-9-3-5-13(33)11(7-9)15(34,18(26,27)28)19(29,30)31/h2,4-7,9,32-34H,3H2,1H3. The molecule has 4 nitrogen and oxygen atoms in total. The third-order valence-electron chi connectivity index (χ3n) is 5.31. The smallest absolute Gasteiger partial charge is 0.430 e. The zero-order chi connectivity index (χ0) is 27.4. The monoisotopic (exact) mass is 534 g/mol. The van der Waals surface area contributed by atoms with Crippen LogP contribution in [0.1, 0.15) is 18.9 Å². The van der Waals surface area contributed by atoms with Crippen LogP contribution in [0.25, 0.3) is 0 Å². The summed E-state index contributed by atoms with van der Waals surface area (Å²) in [7, 11) is 0. The molecule has 3 N–H and O–H groups in total. The molecule has 1 unspecified atom stereocenters. The molecule has 1 aliphatic carbocycles. The van der Waals surface area contributed by atoms with Gasteiger partial charge in [-0.25, -0.2) is 0 Å². The van der Waals surface area contributed by atoms with Crippen molar-refractivity contribution in [1.29, 1.82) is 0 Å². The molecule has 0 fully saturated rings. The molecule has 1 aromatic rings. The molecule has 16 heteroatoms. The van der Waals surface area contributed by atoms with Crippen LogP contribution < -0.4 is 4.74 Å². The highest BCUT2D eigenvalue weighted by atomic mass is 19.4. The van der Waals surface area contributed by atoms with Gasteiger partial charge in [0.25, 0.3) is 5.60 Å². The predicted octanol–water partition coefficient (Wildman–Crippen LogP) is 6.15. The normalized spacial score (nSPS) is 18.7. The molecule has 0 amide bonds. The first-order chi connectivity index (χ1) is 15.5. The minimum Gasteiger partial charge on any atom is -0.508 e. The van der Waals surface area contributed by atoms with Crippen LogP contribution in [0, 0.1) is 0 Å². The quantitative estimate of drug-likeness (QED) is 0.406. The molecule has 0 radical (unpaired) electrons. The van der Waals surface area contributed by atoms with E-state index in [2.05, 4.69) is 0 Å². The molecule has 0 bridgehead atoms. The second kappa shape index (κ2) is 8.41. The van der Waals surface area contributed by atoms with Crippen LogP contribution in [0.3, 0.4) is 0 Å². The van der Waals surface area contributed by atoms with Gasteiger partial charge in [0.05, 0.1) is 0 Å². The Bertz CT molecular complexity index is 987. The Morgan fingerprint density at radius 1 is 0.800 bits per heavy atom. The summed E-state index contributed by atoms with van der Waals surface area (Å²) in [6, 6.07) is 1.03. The van der Waals surface area contributed by atoms with Gasteiger partial charge in [0.1, 0.15) is 23.4 Å². The van der Waals surface area contributed by atoms with E-state index in [4.69, 9.17) is 4.74 Å². The Balaban J connectivity index is 2.57. The summed E-state index contributed by atoms with van der Waals surface area (Å²) in [6.07, 6.45) is -27.0. The van der Waals surface area contributed by atoms with Crippen molar-refractivity contribution in [3.05, 3.63) is 47.2 Å². The fourth-order valence-electron chi connectivity index (χ4n) is 3.16. The Morgan fingerprint density at radius 2 is 1.29 bits per heavy atom. The number of ether oxygens (including phenoxy) is 1. The van der Waals surface area contributed by atoms with Crippen LogP contribution in [0.4, 0.5) is 52.7 Å². The van der Waals surface area contributed by atoms with Gasteiger partial charge in [0.15, 0.2) is 5.41 Å². The average Bonchev–Trinajstić information content (AvgIpc) is 2.66. The van der Waals surface area contributed by atoms with E-state index in [9.17, 15) is 68.0 Å². The second-order valence-electron chi connectivity index (χ2n) is 7.57. The van der Waals surface area contributed by atoms with Crippen molar-refractivity contribution >= 4 is 0 Å². The van der Waals surface area contributed by atoms with E-state index in [0.717, 1.165) is 0 Å². The number of hydrogen-bond donors (Lipinski definition) is 3. The number of hydrogen-bond acceptors (Lipinski definition) is 4. The van der Waals surface area contributed by atoms with Crippen LogP contribution in [-0.4, -0.2) is 51.7 Å². The molecule has 35 heavy (non-hydrogen) atoms. The molecule has 0 heterocycles. The lowest BCUT2D eigenvalue weighted by Crippen LogP contribution is -2.59. The number of rotatable bonds is 4. The van der Waals surface area contributed by atoms with Crippen LogP contribution in [-0.2, 0) is 5.41 Å². The first-order valence-corrected chi connectivity index (χ1v) is 9.09. The fourth-order valence-corrected chi connectivity index (χ4v) is 3.16. The molecule has 1 atom stereocenters. The number of halogens is 12. The summed E-state index contributed by atoms with van der Waals surface area (Å²) >= 11 is 0. The van der Waals surface area contributed by atoms with Crippen LogP contribution in [0.5, 0.6) is 11.5 Å². The molecule has 0 saturated carbocycles. The van der Waals surface area contributed by atoms with Crippen molar-refractivity contribution in [3.63, 3.8) is 0 Å². The summed E-state index contributed by atoms with van der Waals surface area (Å²) in [5, 5.41) is 28.7. The van der Waals surface area contributed by atoms with Gasteiger partial charge in [-0.1, -0.05) is 0 Å². The topological polar surface area (TPSA) is 69.9 Å². The van der Waals surface area contributed by atoms with Crippen molar-refractivity contribution in [2.75, 3.05) is 0 Å². The first-order valence-electron chi connectivity index (χ1n) is 9.09. The van der Waals surface area contributed by atoms with Gasteiger partial charge in [-0.3, -0.25) is 0 Å². The number of phenolic OH excluding ortho intramolecular Hbond substituents is 1. The lowest BCUT2D eigenvalue weighted by Gasteiger charge is -2.36. The van der Waals surface area contributed by atoms with Crippen LogP contribution >= 0.6 is 0 Å². The number of aliphatic hydroxyl groups is 2. The highest BCUT2D eigenvalue weighted by Gasteiger charge is 2.73. The number of aliphatic hydroxyl groups excluding tert-OH is 1. The molecule has 0 spiro atoms. The summed E-state index contributed by atoms with van der Waals surface area (Å²) in [5.74, 6) is -4.01. The summed E-state index contributed by atoms with van der Waals surface area (Å²) in [5.41, 5.74) is -14.1. The predicted molar refractivity (Wildman–Crippen MR) is 92.5 cm³/mol. The van der Waals surface area contributed by atoms with Gasteiger partial charge < -0.3 is 20.1 Å². The van der Waals surface area contributed by atoms with Crippen LogP contribution in [0.15, 0.2) is 41.7 Å². The van der Waals surface area contributed by atoms with Gasteiger partial charge >= 0.3 is 24.7 Å².